The van der Waals surface area contributed by atoms with Crippen LogP contribution >= 0.6 is 11.8 Å². The molecule has 3 N–H and O–H groups in total. The summed E-state index contributed by atoms with van der Waals surface area (Å²) in [6, 6.07) is 6.29. The largest absolute Gasteiger partial charge is 0.507 e. The van der Waals surface area contributed by atoms with Gasteiger partial charge >= 0.3 is 0 Å². The number of aromatic hydroxyl groups is 1. The minimum Gasteiger partial charge on any atom is -0.507 e. The van der Waals surface area contributed by atoms with Crippen LogP contribution in [0.1, 0.15) is 10.4 Å². The third-order valence-corrected chi connectivity index (χ3v) is 2.58. The number of nitrogens with zero attached hydrogens (tertiary/aromatic N) is 2. The molecular weight excluding hydrogens is 240 g/mol. The van der Waals surface area contributed by atoms with Crippen LogP contribution in [0.15, 0.2) is 29.4 Å². The molecular formula is C10H10N4O2S. The van der Waals surface area contributed by atoms with Crippen molar-refractivity contribution < 1.29 is 9.90 Å². The van der Waals surface area contributed by atoms with Crippen LogP contribution in [-0.2, 0) is 0 Å². The van der Waals surface area contributed by atoms with Crippen LogP contribution in [0.3, 0.4) is 0 Å². The van der Waals surface area contributed by atoms with E-state index in [9.17, 15) is 9.90 Å². The van der Waals surface area contributed by atoms with Crippen molar-refractivity contribution >= 4 is 23.6 Å². The van der Waals surface area contributed by atoms with E-state index in [0.29, 0.717) is 5.16 Å². The fraction of sp³-hybridized carbons (Fsp3) is 0.100. The molecule has 0 fully saturated rings. The number of anilines is 1. The standard InChI is InChI=1S/C10H10N4O2S/c1-17-10-12-9(13-14-10)11-8(16)6-4-2-3-5-7(6)15/h2-5,15H,1H3,(H2,11,12,13,14,16). The maximum Gasteiger partial charge on any atom is 0.261 e. The number of para-hydroxylation sites is 1. The van der Waals surface area contributed by atoms with Gasteiger partial charge in [0.25, 0.3) is 5.91 Å². The molecule has 0 aliphatic heterocycles. The van der Waals surface area contributed by atoms with Crippen molar-refractivity contribution in [3.05, 3.63) is 29.8 Å². The first kappa shape index (κ1) is 11.5. The molecule has 1 aromatic heterocycles. The molecule has 0 aliphatic rings. The van der Waals surface area contributed by atoms with Gasteiger partial charge < -0.3 is 5.11 Å². The van der Waals surface area contributed by atoms with Gasteiger partial charge in [-0.25, -0.2) is 5.10 Å². The van der Waals surface area contributed by atoms with Crippen LogP contribution in [0.4, 0.5) is 5.95 Å². The zero-order valence-electron chi connectivity index (χ0n) is 8.97. The lowest BCUT2D eigenvalue weighted by molar-refractivity contribution is 0.102. The zero-order valence-corrected chi connectivity index (χ0v) is 9.78. The number of phenolic OH excluding ortho intramolecular Hbond substituents is 1. The third-order valence-electron chi connectivity index (χ3n) is 2.03. The summed E-state index contributed by atoms with van der Waals surface area (Å²) in [5, 5.41) is 19.0. The molecule has 0 bridgehead atoms. The molecule has 0 spiro atoms. The molecule has 7 heteroatoms. The van der Waals surface area contributed by atoms with E-state index in [1.807, 2.05) is 6.26 Å². The van der Waals surface area contributed by atoms with E-state index in [1.165, 1.54) is 23.9 Å². The van der Waals surface area contributed by atoms with E-state index in [0.717, 1.165) is 0 Å². The molecule has 0 aliphatic carbocycles. The monoisotopic (exact) mass is 250 g/mol. The second kappa shape index (κ2) is 4.88. The number of hydrogen-bond acceptors (Lipinski definition) is 5. The molecule has 1 amide bonds. The van der Waals surface area contributed by atoms with Crippen molar-refractivity contribution in [3.8, 4) is 5.75 Å². The Morgan fingerprint density at radius 2 is 2.24 bits per heavy atom. The van der Waals surface area contributed by atoms with E-state index in [1.54, 1.807) is 12.1 Å². The van der Waals surface area contributed by atoms with Crippen LogP contribution in [-0.4, -0.2) is 32.5 Å². The number of carbonyl (C=O) groups is 1. The zero-order chi connectivity index (χ0) is 12.3. The first-order valence-corrected chi connectivity index (χ1v) is 5.99. The smallest absolute Gasteiger partial charge is 0.261 e. The number of benzene rings is 1. The number of thioether (sulfide) groups is 1. The van der Waals surface area contributed by atoms with Gasteiger partial charge in [-0.3, -0.25) is 10.1 Å². The number of aromatic amines is 1. The first-order valence-electron chi connectivity index (χ1n) is 4.76. The van der Waals surface area contributed by atoms with Crippen molar-refractivity contribution in [2.45, 2.75) is 5.16 Å². The minimum absolute atomic E-state index is 0.0744. The Morgan fingerprint density at radius 3 is 2.88 bits per heavy atom. The normalized spacial score (nSPS) is 10.2. The lowest BCUT2D eigenvalue weighted by Gasteiger charge is -2.02. The maximum absolute atomic E-state index is 11.8. The number of phenols is 1. The maximum atomic E-state index is 11.8. The van der Waals surface area contributed by atoms with E-state index in [-0.39, 0.29) is 17.3 Å². The number of aromatic nitrogens is 3. The van der Waals surface area contributed by atoms with Crippen molar-refractivity contribution in [1.29, 1.82) is 0 Å². The molecule has 1 aromatic carbocycles. The van der Waals surface area contributed by atoms with Gasteiger partial charge in [0.2, 0.25) is 11.1 Å². The van der Waals surface area contributed by atoms with Crippen molar-refractivity contribution in [1.82, 2.24) is 15.2 Å². The summed E-state index contributed by atoms with van der Waals surface area (Å²) in [5.74, 6) is -0.260. The molecule has 17 heavy (non-hydrogen) atoms. The summed E-state index contributed by atoms with van der Waals surface area (Å²) >= 11 is 1.36. The highest BCUT2D eigenvalue weighted by Gasteiger charge is 2.12. The molecule has 2 rings (SSSR count). The summed E-state index contributed by atoms with van der Waals surface area (Å²) in [6.45, 7) is 0. The van der Waals surface area contributed by atoms with Gasteiger partial charge in [-0.05, 0) is 18.4 Å². The van der Waals surface area contributed by atoms with Crippen molar-refractivity contribution in [2.24, 2.45) is 0 Å². The van der Waals surface area contributed by atoms with Gasteiger partial charge in [-0.2, -0.15) is 4.98 Å². The highest BCUT2D eigenvalue weighted by Crippen LogP contribution is 2.17. The third kappa shape index (κ3) is 2.56. The van der Waals surface area contributed by atoms with E-state index >= 15 is 0 Å². The van der Waals surface area contributed by atoms with E-state index in [4.69, 9.17) is 0 Å². The predicted octanol–water partition coefficient (Wildman–Crippen LogP) is 1.48. The molecule has 88 valence electrons. The number of hydrogen-bond donors (Lipinski definition) is 3. The SMILES string of the molecule is CSc1n[nH]c(NC(=O)c2ccccc2O)n1. The lowest BCUT2D eigenvalue weighted by Crippen LogP contribution is -2.13. The highest BCUT2D eigenvalue weighted by molar-refractivity contribution is 7.98. The Bertz CT molecular complexity index is 541. The van der Waals surface area contributed by atoms with Gasteiger partial charge in [0.15, 0.2) is 0 Å². The average Bonchev–Trinajstić information content (AvgIpc) is 2.77. The molecule has 1 heterocycles. The highest BCUT2D eigenvalue weighted by atomic mass is 32.2. The molecule has 0 atom stereocenters. The molecule has 0 saturated heterocycles. The Morgan fingerprint density at radius 1 is 1.47 bits per heavy atom. The number of amides is 1. The summed E-state index contributed by atoms with van der Waals surface area (Å²) in [7, 11) is 0. The molecule has 0 saturated carbocycles. The van der Waals surface area contributed by atoms with Gasteiger partial charge in [-0.1, -0.05) is 23.9 Å². The van der Waals surface area contributed by atoms with Gasteiger partial charge in [0.1, 0.15) is 5.75 Å². The minimum atomic E-state index is -0.438. The van der Waals surface area contributed by atoms with E-state index in [2.05, 4.69) is 20.5 Å². The second-order valence-corrected chi connectivity index (χ2v) is 3.92. The second-order valence-electron chi connectivity index (χ2n) is 3.14. The fourth-order valence-corrected chi connectivity index (χ4v) is 1.55. The lowest BCUT2D eigenvalue weighted by atomic mass is 10.2. The van der Waals surface area contributed by atoms with Crippen LogP contribution in [0.2, 0.25) is 0 Å². The molecule has 6 nitrogen and oxygen atoms in total. The van der Waals surface area contributed by atoms with Crippen LogP contribution in [0.5, 0.6) is 5.75 Å². The van der Waals surface area contributed by atoms with E-state index < -0.39 is 5.91 Å². The van der Waals surface area contributed by atoms with Gasteiger partial charge in [-0.15, -0.1) is 5.10 Å². The number of H-pyrrole nitrogens is 1. The summed E-state index contributed by atoms with van der Waals surface area (Å²) < 4.78 is 0. The van der Waals surface area contributed by atoms with Crippen LogP contribution < -0.4 is 5.32 Å². The Balaban J connectivity index is 2.14. The quantitative estimate of drug-likeness (QED) is 0.718. The van der Waals surface area contributed by atoms with Crippen LogP contribution in [0.25, 0.3) is 0 Å². The topological polar surface area (TPSA) is 90.9 Å². The molecule has 0 unspecified atom stereocenters. The predicted molar refractivity (Wildman–Crippen MR) is 64.2 cm³/mol. The summed E-state index contributed by atoms with van der Waals surface area (Å²) in [4.78, 5) is 15.8. The van der Waals surface area contributed by atoms with Crippen molar-refractivity contribution in [3.63, 3.8) is 0 Å². The molecule has 2 aromatic rings. The Labute approximate surface area is 101 Å². The summed E-state index contributed by atoms with van der Waals surface area (Å²) in [5.41, 5.74) is 0.189. The first-order chi connectivity index (χ1) is 8.20. The summed E-state index contributed by atoms with van der Waals surface area (Å²) in [6.07, 6.45) is 1.83. The Kier molecular flexibility index (Phi) is 3.29. The number of nitrogens with one attached hydrogen (secondary N) is 2. The van der Waals surface area contributed by atoms with Crippen LogP contribution in [0, 0.1) is 0 Å². The number of carbonyl (C=O) groups excluding carboxylic acids is 1. The van der Waals surface area contributed by atoms with Gasteiger partial charge in [0, 0.05) is 0 Å². The fourth-order valence-electron chi connectivity index (χ4n) is 1.23. The average molecular weight is 250 g/mol. The Hall–Kier alpha value is -2.02. The van der Waals surface area contributed by atoms with Gasteiger partial charge in [0.05, 0.1) is 5.56 Å². The number of rotatable bonds is 3. The van der Waals surface area contributed by atoms with Crippen molar-refractivity contribution in [2.75, 3.05) is 11.6 Å². The molecule has 0 radical (unpaired) electrons.